The topological polar surface area (TPSA) is 83.8 Å². The zero-order valence-corrected chi connectivity index (χ0v) is 11.5. The summed E-state index contributed by atoms with van der Waals surface area (Å²) >= 11 is 0. The third-order valence-corrected chi connectivity index (χ3v) is 3.55. The Bertz CT molecular complexity index is 722. The predicted octanol–water partition coefficient (Wildman–Crippen LogP) is 2.21. The lowest BCUT2D eigenvalue weighted by atomic mass is 10.1. The fourth-order valence-corrected chi connectivity index (χ4v) is 2.36. The minimum Gasteiger partial charge on any atom is -0.397 e. The van der Waals surface area contributed by atoms with Crippen molar-refractivity contribution in [1.29, 1.82) is 5.26 Å². The Hall–Kier alpha value is -2.74. The smallest absolute Gasteiger partial charge is 0.268 e. The van der Waals surface area contributed by atoms with Crippen LogP contribution in [0.4, 0.5) is 5.69 Å². The largest absolute Gasteiger partial charge is 0.397 e. The maximum absolute atomic E-state index is 12.3. The highest BCUT2D eigenvalue weighted by Crippen LogP contribution is 2.37. The highest BCUT2D eigenvalue weighted by molar-refractivity contribution is 5.93. The number of nitrogens with zero attached hydrogens (tertiary/aromatic N) is 2. The molecule has 5 heteroatoms. The Morgan fingerprint density at radius 3 is 2.95 bits per heavy atom. The average molecular weight is 280 g/mol. The number of aromatic nitrogens is 1. The highest BCUT2D eigenvalue weighted by atomic mass is 16.1. The van der Waals surface area contributed by atoms with Gasteiger partial charge >= 0.3 is 0 Å². The summed E-state index contributed by atoms with van der Waals surface area (Å²) in [6, 6.07) is 11.4. The molecule has 0 saturated heterocycles. The third-order valence-electron chi connectivity index (χ3n) is 3.55. The lowest BCUT2D eigenvalue weighted by molar-refractivity contribution is 0.0941. The van der Waals surface area contributed by atoms with Gasteiger partial charge in [0.1, 0.15) is 5.69 Å². The molecule has 1 heterocycles. The number of amides is 1. The molecule has 3 N–H and O–H groups in total. The lowest BCUT2D eigenvalue weighted by Crippen LogP contribution is -2.25. The van der Waals surface area contributed by atoms with Crippen molar-refractivity contribution in [2.45, 2.75) is 25.4 Å². The van der Waals surface area contributed by atoms with Crippen molar-refractivity contribution in [1.82, 2.24) is 9.88 Å². The first-order chi connectivity index (χ1) is 10.2. The number of hydrogen-bond donors (Lipinski definition) is 2. The van der Waals surface area contributed by atoms with E-state index < -0.39 is 0 Å². The van der Waals surface area contributed by atoms with Gasteiger partial charge in [0.15, 0.2) is 0 Å². The lowest BCUT2D eigenvalue weighted by Gasteiger charge is -2.08. The van der Waals surface area contributed by atoms with Crippen molar-refractivity contribution in [2.75, 3.05) is 5.73 Å². The molecule has 21 heavy (non-hydrogen) atoms. The molecule has 1 aromatic carbocycles. The summed E-state index contributed by atoms with van der Waals surface area (Å²) in [6.07, 6.45) is 4.01. The SMILES string of the molecule is N#Cc1cccc(CNC(=O)c2cc(N)cn2C2CC2)c1. The number of hydrogen-bond acceptors (Lipinski definition) is 3. The number of nitriles is 1. The van der Waals surface area contributed by atoms with Gasteiger partial charge in [-0.05, 0) is 36.6 Å². The van der Waals surface area contributed by atoms with Crippen LogP contribution in [-0.2, 0) is 6.54 Å². The van der Waals surface area contributed by atoms with Crippen LogP contribution in [0, 0.1) is 11.3 Å². The molecular formula is C16H16N4O. The van der Waals surface area contributed by atoms with E-state index in [0.717, 1.165) is 18.4 Å². The predicted molar refractivity (Wildman–Crippen MR) is 79.4 cm³/mol. The summed E-state index contributed by atoms with van der Waals surface area (Å²) in [5.74, 6) is -0.138. The Morgan fingerprint density at radius 2 is 2.24 bits per heavy atom. The summed E-state index contributed by atoms with van der Waals surface area (Å²) in [6.45, 7) is 0.393. The number of carbonyl (C=O) groups excluding carboxylic acids is 1. The standard InChI is InChI=1S/C16H16N4O/c17-8-11-2-1-3-12(6-11)9-19-16(21)15-7-13(18)10-20(15)14-4-5-14/h1-3,6-7,10,14H,4-5,9,18H2,(H,19,21). The molecule has 0 spiro atoms. The van der Waals surface area contributed by atoms with Crippen LogP contribution in [0.5, 0.6) is 0 Å². The second-order valence-electron chi connectivity index (χ2n) is 5.29. The van der Waals surface area contributed by atoms with E-state index in [2.05, 4.69) is 11.4 Å². The molecule has 0 bridgehead atoms. The van der Waals surface area contributed by atoms with Crippen molar-refractivity contribution in [3.63, 3.8) is 0 Å². The van der Waals surface area contributed by atoms with Gasteiger partial charge < -0.3 is 15.6 Å². The van der Waals surface area contributed by atoms with E-state index in [1.54, 1.807) is 18.2 Å². The number of benzene rings is 1. The molecule has 106 valence electrons. The number of rotatable bonds is 4. The average Bonchev–Trinajstić information content (AvgIpc) is 3.27. The van der Waals surface area contributed by atoms with Gasteiger partial charge in [0, 0.05) is 18.8 Å². The molecule has 0 unspecified atom stereocenters. The van der Waals surface area contributed by atoms with Crippen molar-refractivity contribution >= 4 is 11.6 Å². The summed E-state index contributed by atoms with van der Waals surface area (Å²) < 4.78 is 1.95. The number of anilines is 1. The van der Waals surface area contributed by atoms with E-state index >= 15 is 0 Å². The van der Waals surface area contributed by atoms with Gasteiger partial charge in [0.25, 0.3) is 5.91 Å². The Kier molecular flexibility index (Phi) is 3.36. The first-order valence-electron chi connectivity index (χ1n) is 6.92. The van der Waals surface area contributed by atoms with Crippen LogP contribution in [0.25, 0.3) is 0 Å². The fourth-order valence-electron chi connectivity index (χ4n) is 2.36. The number of nitrogens with two attached hydrogens (primary N) is 1. The van der Waals surface area contributed by atoms with E-state index in [0.29, 0.717) is 29.5 Å². The fraction of sp³-hybridized carbons (Fsp3) is 0.250. The molecule has 2 aromatic rings. The molecule has 5 nitrogen and oxygen atoms in total. The van der Waals surface area contributed by atoms with Crippen LogP contribution in [0.1, 0.15) is 40.5 Å². The van der Waals surface area contributed by atoms with E-state index in [9.17, 15) is 4.79 Å². The minimum atomic E-state index is -0.138. The molecule has 0 radical (unpaired) electrons. The second-order valence-corrected chi connectivity index (χ2v) is 5.29. The van der Waals surface area contributed by atoms with Crippen molar-refractivity contribution < 1.29 is 4.79 Å². The van der Waals surface area contributed by atoms with Gasteiger partial charge in [-0.3, -0.25) is 4.79 Å². The molecule has 1 fully saturated rings. The summed E-state index contributed by atoms with van der Waals surface area (Å²) in [4.78, 5) is 12.3. The molecule has 0 aliphatic heterocycles. The van der Waals surface area contributed by atoms with Crippen molar-refractivity contribution in [2.24, 2.45) is 0 Å². The van der Waals surface area contributed by atoms with Crippen molar-refractivity contribution in [3.05, 3.63) is 53.3 Å². The van der Waals surface area contributed by atoms with Crippen LogP contribution in [0.2, 0.25) is 0 Å². The molecule has 0 atom stereocenters. The molecule has 1 amide bonds. The van der Waals surface area contributed by atoms with Gasteiger partial charge in [-0.2, -0.15) is 5.26 Å². The van der Waals surface area contributed by atoms with Gasteiger partial charge in [-0.15, -0.1) is 0 Å². The molecule has 1 aromatic heterocycles. The number of nitrogens with one attached hydrogen (secondary N) is 1. The van der Waals surface area contributed by atoms with Gasteiger partial charge in [0.2, 0.25) is 0 Å². The second kappa shape index (κ2) is 5.33. The van der Waals surface area contributed by atoms with Gasteiger partial charge in [0.05, 0.1) is 17.3 Å². The summed E-state index contributed by atoms with van der Waals surface area (Å²) in [5, 5.41) is 11.7. The summed E-state index contributed by atoms with van der Waals surface area (Å²) in [7, 11) is 0. The Morgan fingerprint density at radius 1 is 1.43 bits per heavy atom. The van der Waals surface area contributed by atoms with Crippen LogP contribution in [0.15, 0.2) is 36.5 Å². The zero-order chi connectivity index (χ0) is 14.8. The van der Waals surface area contributed by atoms with E-state index in [1.807, 2.05) is 22.9 Å². The van der Waals surface area contributed by atoms with Crippen LogP contribution < -0.4 is 11.1 Å². The maximum atomic E-state index is 12.3. The monoisotopic (exact) mass is 280 g/mol. The number of carbonyl (C=O) groups is 1. The highest BCUT2D eigenvalue weighted by Gasteiger charge is 2.27. The quantitative estimate of drug-likeness (QED) is 0.900. The zero-order valence-electron chi connectivity index (χ0n) is 11.5. The molecule has 3 rings (SSSR count). The first-order valence-corrected chi connectivity index (χ1v) is 6.92. The van der Waals surface area contributed by atoms with Gasteiger partial charge in [-0.1, -0.05) is 12.1 Å². The van der Waals surface area contributed by atoms with Crippen LogP contribution >= 0.6 is 0 Å². The van der Waals surface area contributed by atoms with E-state index in [-0.39, 0.29) is 5.91 Å². The van der Waals surface area contributed by atoms with E-state index in [1.165, 1.54) is 0 Å². The molecule has 1 saturated carbocycles. The maximum Gasteiger partial charge on any atom is 0.268 e. The van der Waals surface area contributed by atoms with Gasteiger partial charge in [-0.25, -0.2) is 0 Å². The van der Waals surface area contributed by atoms with Crippen LogP contribution in [-0.4, -0.2) is 10.5 Å². The van der Waals surface area contributed by atoms with Crippen LogP contribution in [0.3, 0.4) is 0 Å². The normalized spacial score (nSPS) is 13.7. The molecular weight excluding hydrogens is 264 g/mol. The molecule has 1 aliphatic rings. The molecule has 1 aliphatic carbocycles. The Labute approximate surface area is 123 Å². The van der Waals surface area contributed by atoms with Crippen molar-refractivity contribution in [3.8, 4) is 6.07 Å². The van der Waals surface area contributed by atoms with E-state index in [4.69, 9.17) is 11.0 Å². The third kappa shape index (κ3) is 2.90. The minimum absolute atomic E-state index is 0.138. The number of nitrogen functional groups attached to an aromatic ring is 1. The Balaban J connectivity index is 1.70. The summed E-state index contributed by atoms with van der Waals surface area (Å²) in [5.41, 5.74) is 8.50. The first kappa shape index (κ1) is 13.3.